The summed E-state index contributed by atoms with van der Waals surface area (Å²) in [4.78, 5) is 52.5. The van der Waals surface area contributed by atoms with Crippen molar-refractivity contribution in [3.8, 4) is 0 Å². The molecule has 144 valence electrons. The number of anilines is 1. The number of ether oxygens (including phenoxy) is 1. The topological polar surface area (TPSA) is 128 Å². The van der Waals surface area contributed by atoms with Crippen molar-refractivity contribution in [2.24, 2.45) is 0 Å². The number of benzene rings is 1. The summed E-state index contributed by atoms with van der Waals surface area (Å²) in [6.07, 6.45) is 1.19. The van der Waals surface area contributed by atoms with Gasteiger partial charge in [0.05, 0.1) is 30.1 Å². The molecule has 0 aliphatic heterocycles. The van der Waals surface area contributed by atoms with Crippen LogP contribution in [0.15, 0.2) is 35.4 Å². The van der Waals surface area contributed by atoms with E-state index in [1.54, 1.807) is 12.1 Å². The molecule has 0 radical (unpaired) electrons. The average Bonchev–Trinajstić information content (AvgIpc) is 3.01. The summed E-state index contributed by atoms with van der Waals surface area (Å²) in [6.45, 7) is 1.18. The van der Waals surface area contributed by atoms with E-state index in [1.807, 2.05) is 0 Å². The molecular weight excluding hydrogens is 386 g/mol. The molecule has 0 spiro atoms. The minimum atomic E-state index is -1.14. The van der Waals surface area contributed by atoms with Crippen molar-refractivity contribution in [2.45, 2.75) is 13.5 Å². The van der Waals surface area contributed by atoms with Gasteiger partial charge in [-0.1, -0.05) is 12.1 Å². The van der Waals surface area contributed by atoms with Gasteiger partial charge in [0.15, 0.2) is 0 Å². The fourth-order valence-corrected chi connectivity index (χ4v) is 3.68. The van der Waals surface area contributed by atoms with Gasteiger partial charge in [-0.15, -0.1) is 11.3 Å². The summed E-state index contributed by atoms with van der Waals surface area (Å²) in [5, 5.41) is 11.9. The molecule has 0 unspecified atom stereocenters. The number of para-hydroxylation sites is 1. The monoisotopic (exact) mass is 401 g/mol. The van der Waals surface area contributed by atoms with Gasteiger partial charge in [-0.3, -0.25) is 14.2 Å². The number of carboxylic acid groups (broad SMARTS) is 1. The average molecular weight is 401 g/mol. The molecule has 28 heavy (non-hydrogen) atoms. The standard InChI is InChI=1S/C18H15N3O6S/c1-9-13-15(28-14(9)17(24)25)19-8-21(16(13)23)7-12(22)20-11-6-4-3-5-10(11)18(26)27-2/h3-6,8H,7H2,1-2H3,(H,20,22)(H,24,25). The van der Waals surface area contributed by atoms with Crippen molar-refractivity contribution in [3.05, 3.63) is 57.0 Å². The summed E-state index contributed by atoms with van der Waals surface area (Å²) >= 11 is 0.908. The molecule has 0 bridgehead atoms. The Kier molecular flexibility index (Phi) is 5.23. The van der Waals surface area contributed by atoms with E-state index in [9.17, 15) is 24.3 Å². The third-order valence-electron chi connectivity index (χ3n) is 4.03. The number of rotatable bonds is 5. The second-order valence-electron chi connectivity index (χ2n) is 5.80. The van der Waals surface area contributed by atoms with Crippen LogP contribution < -0.4 is 10.9 Å². The van der Waals surface area contributed by atoms with E-state index in [-0.39, 0.29) is 28.1 Å². The van der Waals surface area contributed by atoms with Crippen molar-refractivity contribution in [2.75, 3.05) is 12.4 Å². The number of carbonyl (C=O) groups excluding carboxylic acids is 2. The van der Waals surface area contributed by atoms with Crippen molar-refractivity contribution in [1.82, 2.24) is 9.55 Å². The van der Waals surface area contributed by atoms with E-state index >= 15 is 0 Å². The predicted molar refractivity (Wildman–Crippen MR) is 102 cm³/mol. The van der Waals surface area contributed by atoms with Gasteiger partial charge in [0.1, 0.15) is 16.3 Å². The highest BCUT2D eigenvalue weighted by atomic mass is 32.1. The maximum Gasteiger partial charge on any atom is 0.346 e. The SMILES string of the molecule is COC(=O)c1ccccc1NC(=O)Cn1cnc2sc(C(=O)O)c(C)c2c1=O. The zero-order valence-corrected chi connectivity index (χ0v) is 15.7. The number of carbonyl (C=O) groups is 3. The molecule has 1 aromatic carbocycles. The Labute approximate surface area is 162 Å². The number of methoxy groups -OCH3 is 1. The zero-order valence-electron chi connectivity index (χ0n) is 14.9. The van der Waals surface area contributed by atoms with Crippen molar-refractivity contribution in [1.29, 1.82) is 0 Å². The zero-order chi connectivity index (χ0) is 20.4. The first-order valence-corrected chi connectivity index (χ1v) is 8.84. The van der Waals surface area contributed by atoms with Gasteiger partial charge in [-0.25, -0.2) is 14.6 Å². The highest BCUT2D eigenvalue weighted by Crippen LogP contribution is 2.26. The molecule has 2 heterocycles. The number of carboxylic acids is 1. The Bertz CT molecular complexity index is 1160. The van der Waals surface area contributed by atoms with Crippen LogP contribution in [0.5, 0.6) is 0 Å². The molecule has 3 aromatic rings. The van der Waals surface area contributed by atoms with Crippen LogP contribution in [0, 0.1) is 6.92 Å². The summed E-state index contributed by atoms with van der Waals surface area (Å²) < 4.78 is 5.76. The van der Waals surface area contributed by atoms with Crippen LogP contribution in [0.25, 0.3) is 10.2 Å². The first-order chi connectivity index (χ1) is 13.3. The van der Waals surface area contributed by atoms with Gasteiger partial charge in [0.25, 0.3) is 5.56 Å². The molecular formula is C18H15N3O6S. The van der Waals surface area contributed by atoms with Crippen LogP contribution in [-0.2, 0) is 16.1 Å². The molecule has 10 heteroatoms. The lowest BCUT2D eigenvalue weighted by Gasteiger charge is -2.10. The van der Waals surface area contributed by atoms with Crippen LogP contribution in [0.1, 0.15) is 25.6 Å². The highest BCUT2D eigenvalue weighted by molar-refractivity contribution is 7.20. The van der Waals surface area contributed by atoms with Crippen LogP contribution in [0.3, 0.4) is 0 Å². The van der Waals surface area contributed by atoms with Gasteiger partial charge in [-0.2, -0.15) is 0 Å². The Hall–Kier alpha value is -3.53. The molecule has 2 aromatic heterocycles. The smallest absolute Gasteiger partial charge is 0.346 e. The van der Waals surface area contributed by atoms with Gasteiger partial charge < -0.3 is 15.2 Å². The quantitative estimate of drug-likeness (QED) is 0.625. The van der Waals surface area contributed by atoms with Crippen LogP contribution in [-0.4, -0.2) is 39.6 Å². The summed E-state index contributed by atoms with van der Waals surface area (Å²) in [7, 11) is 1.23. The number of amides is 1. The van der Waals surface area contributed by atoms with Gasteiger partial charge in [0, 0.05) is 0 Å². The lowest BCUT2D eigenvalue weighted by molar-refractivity contribution is -0.116. The minimum Gasteiger partial charge on any atom is -0.477 e. The number of aromatic carboxylic acids is 1. The number of aromatic nitrogens is 2. The van der Waals surface area contributed by atoms with Crippen LogP contribution in [0.4, 0.5) is 5.69 Å². The van der Waals surface area contributed by atoms with E-state index in [0.29, 0.717) is 10.4 Å². The summed E-state index contributed by atoms with van der Waals surface area (Å²) in [6, 6.07) is 6.31. The number of hydrogen-bond acceptors (Lipinski definition) is 7. The van der Waals surface area contributed by atoms with E-state index in [0.717, 1.165) is 15.9 Å². The van der Waals surface area contributed by atoms with Crippen LogP contribution >= 0.6 is 11.3 Å². The third kappa shape index (κ3) is 3.49. The number of aryl methyl sites for hydroxylation is 1. The molecule has 2 N–H and O–H groups in total. The molecule has 0 atom stereocenters. The van der Waals surface area contributed by atoms with Crippen molar-refractivity contribution in [3.63, 3.8) is 0 Å². The number of fused-ring (bicyclic) bond motifs is 1. The largest absolute Gasteiger partial charge is 0.477 e. The molecule has 0 saturated heterocycles. The number of hydrogen-bond donors (Lipinski definition) is 2. The Balaban J connectivity index is 1.90. The lowest BCUT2D eigenvalue weighted by Crippen LogP contribution is -2.28. The first kappa shape index (κ1) is 19.2. The maximum absolute atomic E-state index is 12.7. The first-order valence-electron chi connectivity index (χ1n) is 8.02. The summed E-state index contributed by atoms with van der Waals surface area (Å²) in [5.74, 6) is -2.29. The number of nitrogens with zero attached hydrogens (tertiary/aromatic N) is 2. The molecule has 3 rings (SSSR count). The fraction of sp³-hybridized carbons (Fsp3) is 0.167. The van der Waals surface area contributed by atoms with Crippen molar-refractivity contribution >= 4 is 45.1 Å². The van der Waals surface area contributed by atoms with E-state index < -0.39 is 23.4 Å². The van der Waals surface area contributed by atoms with Gasteiger partial charge in [0.2, 0.25) is 5.91 Å². The van der Waals surface area contributed by atoms with E-state index in [2.05, 4.69) is 15.0 Å². The number of esters is 1. The van der Waals surface area contributed by atoms with E-state index in [1.165, 1.54) is 32.5 Å². The lowest BCUT2D eigenvalue weighted by atomic mass is 10.2. The van der Waals surface area contributed by atoms with Gasteiger partial charge >= 0.3 is 11.9 Å². The fourth-order valence-electron chi connectivity index (χ4n) is 2.70. The predicted octanol–water partition coefficient (Wildman–Crippen LogP) is 1.89. The third-order valence-corrected chi connectivity index (χ3v) is 5.22. The maximum atomic E-state index is 12.7. The molecule has 0 aliphatic rings. The normalized spacial score (nSPS) is 10.6. The Morgan fingerprint density at radius 2 is 2.00 bits per heavy atom. The number of nitrogens with one attached hydrogen (secondary N) is 1. The molecule has 9 nitrogen and oxygen atoms in total. The van der Waals surface area contributed by atoms with Crippen LogP contribution in [0.2, 0.25) is 0 Å². The molecule has 0 saturated carbocycles. The minimum absolute atomic E-state index is 0.0359. The number of thiophene rings is 1. The van der Waals surface area contributed by atoms with Crippen molar-refractivity contribution < 1.29 is 24.2 Å². The molecule has 0 aliphatic carbocycles. The summed E-state index contributed by atoms with van der Waals surface area (Å²) in [5.41, 5.74) is 0.235. The second kappa shape index (κ2) is 7.61. The van der Waals surface area contributed by atoms with Gasteiger partial charge in [-0.05, 0) is 24.6 Å². The highest BCUT2D eigenvalue weighted by Gasteiger charge is 2.20. The Morgan fingerprint density at radius 3 is 2.68 bits per heavy atom. The second-order valence-corrected chi connectivity index (χ2v) is 6.80. The molecule has 1 amide bonds. The van der Waals surface area contributed by atoms with E-state index in [4.69, 9.17) is 0 Å². The Morgan fingerprint density at radius 1 is 1.29 bits per heavy atom. The molecule has 0 fully saturated rings.